The zero-order valence-corrected chi connectivity index (χ0v) is 12.3. The van der Waals surface area contributed by atoms with Crippen molar-refractivity contribution in [3.8, 4) is 0 Å². The fourth-order valence-corrected chi connectivity index (χ4v) is 2.49. The summed E-state index contributed by atoms with van der Waals surface area (Å²) in [6.45, 7) is 6.11. The van der Waals surface area contributed by atoms with Crippen LogP contribution >= 0.6 is 11.6 Å². The van der Waals surface area contributed by atoms with Crippen LogP contribution in [-0.2, 0) is 4.74 Å². The van der Waals surface area contributed by atoms with E-state index in [1.165, 1.54) is 0 Å². The number of benzene rings is 1. The Labute approximate surface area is 124 Å². The lowest BCUT2D eigenvalue weighted by atomic mass is 10.2. The number of hydrogen-bond acceptors (Lipinski definition) is 4. The topological polar surface area (TPSA) is 67.6 Å². The molecule has 1 heterocycles. The van der Waals surface area contributed by atoms with Gasteiger partial charge in [-0.25, -0.2) is 0 Å². The number of amides is 1. The maximum atomic E-state index is 12.0. The Morgan fingerprint density at radius 2 is 2.35 bits per heavy atom. The molecule has 1 aromatic rings. The second kappa shape index (κ2) is 6.92. The number of nitrogens with two attached hydrogens (primary N) is 1. The summed E-state index contributed by atoms with van der Waals surface area (Å²) >= 11 is 5.89. The Balaban J connectivity index is 1.88. The number of halogens is 1. The molecular weight excluding hydrogens is 278 g/mol. The molecule has 1 aliphatic rings. The molecule has 1 fully saturated rings. The highest BCUT2D eigenvalue weighted by Gasteiger charge is 2.20. The van der Waals surface area contributed by atoms with Crippen LogP contribution in [0.3, 0.4) is 0 Å². The molecule has 1 aliphatic heterocycles. The molecule has 0 aromatic heterocycles. The number of carbonyl (C=O) groups is 1. The van der Waals surface area contributed by atoms with Crippen LogP contribution in [0, 0.1) is 0 Å². The third kappa shape index (κ3) is 4.10. The molecule has 1 atom stereocenters. The number of carbonyl (C=O) groups excluding carboxylic acids is 1. The van der Waals surface area contributed by atoms with Crippen molar-refractivity contribution in [1.82, 2.24) is 10.2 Å². The molecule has 0 saturated carbocycles. The lowest BCUT2D eigenvalue weighted by Crippen LogP contribution is -2.47. The average Bonchev–Trinajstić information content (AvgIpc) is 2.44. The minimum absolute atomic E-state index is 0.0316. The van der Waals surface area contributed by atoms with Gasteiger partial charge >= 0.3 is 0 Å². The van der Waals surface area contributed by atoms with Crippen LogP contribution in [0.2, 0.25) is 5.02 Å². The molecule has 110 valence electrons. The van der Waals surface area contributed by atoms with Crippen molar-refractivity contribution in [2.24, 2.45) is 0 Å². The highest BCUT2D eigenvalue weighted by molar-refractivity contribution is 6.31. The van der Waals surface area contributed by atoms with E-state index in [-0.39, 0.29) is 12.0 Å². The monoisotopic (exact) mass is 297 g/mol. The van der Waals surface area contributed by atoms with Crippen molar-refractivity contribution in [3.05, 3.63) is 28.8 Å². The van der Waals surface area contributed by atoms with E-state index in [4.69, 9.17) is 22.1 Å². The first-order valence-corrected chi connectivity index (χ1v) is 7.14. The van der Waals surface area contributed by atoms with Gasteiger partial charge in [0, 0.05) is 35.9 Å². The van der Waals surface area contributed by atoms with Gasteiger partial charge < -0.3 is 15.8 Å². The first-order valence-electron chi connectivity index (χ1n) is 6.76. The first-order chi connectivity index (χ1) is 9.58. The standard InChI is InChI=1S/C14H20ClN3O2/c1-2-18-3-4-20-13(9-18)8-17-14(19)10-5-11(15)7-12(16)6-10/h5-7,13H,2-4,8-9,16H2,1H3,(H,17,19). The van der Waals surface area contributed by atoms with Crippen molar-refractivity contribution in [3.63, 3.8) is 0 Å². The van der Waals surface area contributed by atoms with Crippen LogP contribution in [0.1, 0.15) is 17.3 Å². The second-order valence-electron chi connectivity index (χ2n) is 4.87. The number of morpholine rings is 1. The summed E-state index contributed by atoms with van der Waals surface area (Å²) in [5, 5.41) is 3.32. The average molecular weight is 298 g/mol. The summed E-state index contributed by atoms with van der Waals surface area (Å²) in [4.78, 5) is 14.4. The quantitative estimate of drug-likeness (QED) is 0.824. The SMILES string of the molecule is CCN1CCOC(CNC(=O)c2cc(N)cc(Cl)c2)C1. The van der Waals surface area contributed by atoms with E-state index in [0.717, 1.165) is 19.6 Å². The van der Waals surface area contributed by atoms with Gasteiger partial charge in [0.15, 0.2) is 0 Å². The third-order valence-electron chi connectivity index (χ3n) is 3.34. The lowest BCUT2D eigenvalue weighted by Gasteiger charge is -2.32. The lowest BCUT2D eigenvalue weighted by molar-refractivity contribution is -0.0246. The summed E-state index contributed by atoms with van der Waals surface area (Å²) in [6, 6.07) is 4.83. The van der Waals surface area contributed by atoms with Crippen molar-refractivity contribution < 1.29 is 9.53 Å². The Morgan fingerprint density at radius 3 is 3.05 bits per heavy atom. The van der Waals surface area contributed by atoms with Gasteiger partial charge in [-0.1, -0.05) is 18.5 Å². The molecule has 1 unspecified atom stereocenters. The van der Waals surface area contributed by atoms with Crippen LogP contribution in [0.15, 0.2) is 18.2 Å². The predicted octanol–water partition coefficient (Wildman–Crippen LogP) is 1.37. The molecule has 1 saturated heterocycles. The smallest absolute Gasteiger partial charge is 0.251 e. The van der Waals surface area contributed by atoms with Gasteiger partial charge in [0.2, 0.25) is 0 Å². The number of likely N-dealkylation sites (N-methyl/N-ethyl adjacent to an activating group) is 1. The van der Waals surface area contributed by atoms with E-state index in [1.54, 1.807) is 18.2 Å². The fourth-order valence-electron chi connectivity index (χ4n) is 2.24. The maximum absolute atomic E-state index is 12.0. The number of hydrogen-bond donors (Lipinski definition) is 2. The number of nitrogens with one attached hydrogen (secondary N) is 1. The van der Waals surface area contributed by atoms with E-state index in [9.17, 15) is 4.79 Å². The number of anilines is 1. The molecule has 2 rings (SSSR count). The summed E-state index contributed by atoms with van der Waals surface area (Å²) in [6.07, 6.45) is 0.0316. The maximum Gasteiger partial charge on any atom is 0.251 e. The van der Waals surface area contributed by atoms with E-state index in [2.05, 4.69) is 17.1 Å². The Hall–Kier alpha value is -1.30. The largest absolute Gasteiger partial charge is 0.399 e. The number of nitrogens with zero attached hydrogens (tertiary/aromatic N) is 1. The normalized spacial score (nSPS) is 19.8. The zero-order valence-electron chi connectivity index (χ0n) is 11.6. The van der Waals surface area contributed by atoms with E-state index < -0.39 is 0 Å². The predicted molar refractivity (Wildman–Crippen MR) is 80.1 cm³/mol. The Bertz CT molecular complexity index is 461. The van der Waals surface area contributed by atoms with Crippen molar-refractivity contribution in [2.75, 3.05) is 38.5 Å². The Morgan fingerprint density at radius 1 is 1.55 bits per heavy atom. The molecular formula is C14H20ClN3O2. The Kier molecular flexibility index (Phi) is 5.23. The molecule has 0 aliphatic carbocycles. The molecule has 1 aromatic carbocycles. The summed E-state index contributed by atoms with van der Waals surface area (Å²) in [7, 11) is 0. The highest BCUT2D eigenvalue weighted by Crippen LogP contribution is 2.16. The van der Waals surface area contributed by atoms with Gasteiger partial charge in [0.25, 0.3) is 5.91 Å². The number of nitrogen functional groups attached to an aromatic ring is 1. The molecule has 6 heteroatoms. The molecule has 3 N–H and O–H groups in total. The zero-order chi connectivity index (χ0) is 14.5. The van der Waals surface area contributed by atoms with Gasteiger partial charge in [-0.2, -0.15) is 0 Å². The van der Waals surface area contributed by atoms with Crippen molar-refractivity contribution in [2.45, 2.75) is 13.0 Å². The first kappa shape index (κ1) is 15.1. The third-order valence-corrected chi connectivity index (χ3v) is 3.56. The van der Waals surface area contributed by atoms with Gasteiger partial charge in [0.1, 0.15) is 0 Å². The summed E-state index contributed by atoms with van der Waals surface area (Å²) in [5.41, 5.74) is 6.63. The number of rotatable bonds is 4. The van der Waals surface area contributed by atoms with Crippen LogP contribution < -0.4 is 11.1 Å². The van der Waals surface area contributed by atoms with Gasteiger partial charge in [0.05, 0.1) is 12.7 Å². The van der Waals surface area contributed by atoms with E-state index in [0.29, 0.717) is 29.4 Å². The van der Waals surface area contributed by atoms with Crippen LogP contribution in [-0.4, -0.2) is 49.7 Å². The molecule has 5 nitrogen and oxygen atoms in total. The van der Waals surface area contributed by atoms with Gasteiger partial charge in [-0.15, -0.1) is 0 Å². The second-order valence-corrected chi connectivity index (χ2v) is 5.31. The van der Waals surface area contributed by atoms with Crippen molar-refractivity contribution in [1.29, 1.82) is 0 Å². The fraction of sp³-hybridized carbons (Fsp3) is 0.500. The number of ether oxygens (including phenoxy) is 1. The summed E-state index contributed by atoms with van der Waals surface area (Å²) in [5.74, 6) is -0.184. The molecule has 0 spiro atoms. The minimum Gasteiger partial charge on any atom is -0.399 e. The van der Waals surface area contributed by atoms with Gasteiger partial charge in [-0.3, -0.25) is 9.69 Å². The van der Waals surface area contributed by atoms with Crippen molar-refractivity contribution >= 4 is 23.2 Å². The molecule has 0 bridgehead atoms. The van der Waals surface area contributed by atoms with E-state index in [1.807, 2.05) is 0 Å². The molecule has 1 amide bonds. The van der Waals surface area contributed by atoms with Crippen LogP contribution in [0.5, 0.6) is 0 Å². The highest BCUT2D eigenvalue weighted by atomic mass is 35.5. The minimum atomic E-state index is -0.184. The van der Waals surface area contributed by atoms with Crippen LogP contribution in [0.25, 0.3) is 0 Å². The summed E-state index contributed by atoms with van der Waals surface area (Å²) < 4.78 is 5.64. The molecule has 20 heavy (non-hydrogen) atoms. The van der Waals surface area contributed by atoms with Gasteiger partial charge in [-0.05, 0) is 24.7 Å². The van der Waals surface area contributed by atoms with Crippen LogP contribution in [0.4, 0.5) is 5.69 Å². The molecule has 0 radical (unpaired) electrons. The van der Waals surface area contributed by atoms with E-state index >= 15 is 0 Å².